The van der Waals surface area contributed by atoms with Crippen LogP contribution in [-0.4, -0.2) is 10.8 Å². The second-order valence-corrected chi connectivity index (χ2v) is 9.74. The molecule has 0 aliphatic carbocycles. The van der Waals surface area contributed by atoms with Crippen molar-refractivity contribution in [3.8, 4) is 11.1 Å². The van der Waals surface area contributed by atoms with Gasteiger partial charge in [-0.25, -0.2) is 5.53 Å². The third-order valence-corrected chi connectivity index (χ3v) is 7.68. The normalized spacial score (nSPS) is 13.2. The fourth-order valence-corrected chi connectivity index (χ4v) is 5.66. The maximum atomic E-state index is 4.82. The first-order chi connectivity index (χ1) is 18.8. The Morgan fingerprint density at radius 2 is 1.05 bits per heavy atom. The van der Waals surface area contributed by atoms with Crippen LogP contribution in [-0.2, 0) is 10.9 Å². The molecule has 1 aliphatic rings. The molecule has 5 aromatic rings. The molecule has 0 atom stereocenters. The van der Waals surface area contributed by atoms with Crippen molar-refractivity contribution in [2.24, 2.45) is 5.10 Å². The molecule has 5 aromatic carbocycles. The first-order valence-electron chi connectivity index (χ1n) is 12.6. The Balaban J connectivity index is 1.59. The zero-order valence-corrected chi connectivity index (χ0v) is 22.3. The molecule has 1 aliphatic heterocycles. The molecule has 0 spiro atoms. The highest BCUT2D eigenvalue weighted by Gasteiger charge is 2.46. The summed E-state index contributed by atoms with van der Waals surface area (Å²) in [5.74, 6) is 0.807. The van der Waals surface area contributed by atoms with Gasteiger partial charge in [0.05, 0.1) is 0 Å². The Labute approximate surface area is 231 Å². The van der Waals surface area contributed by atoms with Gasteiger partial charge < -0.3 is 0 Å². The lowest BCUT2D eigenvalue weighted by Crippen LogP contribution is -2.56. The summed E-state index contributed by atoms with van der Waals surface area (Å²) in [7, 11) is 0. The van der Waals surface area contributed by atoms with Crippen molar-refractivity contribution < 1.29 is 0 Å². The van der Waals surface area contributed by atoms with E-state index in [0.717, 1.165) is 44.5 Å². The van der Waals surface area contributed by atoms with E-state index >= 15 is 0 Å². The number of nitrogens with one attached hydrogen (secondary N) is 2. The van der Waals surface area contributed by atoms with Crippen LogP contribution in [0.4, 0.5) is 0 Å². The minimum absolute atomic E-state index is 0.709. The molecule has 0 saturated heterocycles. The van der Waals surface area contributed by atoms with Crippen molar-refractivity contribution in [2.45, 2.75) is 10.9 Å². The number of hydrazine groups is 2. The number of rotatable bonds is 7. The Bertz CT molecular complexity index is 1440. The van der Waals surface area contributed by atoms with E-state index in [4.69, 9.17) is 5.10 Å². The maximum Gasteiger partial charge on any atom is 0.175 e. The number of benzene rings is 5. The van der Waals surface area contributed by atoms with Gasteiger partial charge in [-0.05, 0) is 33.4 Å². The quantitative estimate of drug-likeness (QED) is 0.163. The Morgan fingerprint density at radius 3 is 1.55 bits per heavy atom. The number of hydrogen-bond acceptors (Lipinski definition) is 4. The van der Waals surface area contributed by atoms with Gasteiger partial charge in [-0.15, -0.1) is 10.6 Å². The highest BCUT2D eigenvalue weighted by Crippen LogP contribution is 2.43. The molecular weight excluding hydrogens is 532 g/mol. The van der Waals surface area contributed by atoms with Crippen LogP contribution < -0.4 is 11.1 Å². The second kappa shape index (κ2) is 10.7. The van der Waals surface area contributed by atoms with E-state index in [0.29, 0.717) is 0 Å². The predicted octanol–water partition coefficient (Wildman–Crippen LogP) is 7.23. The average Bonchev–Trinajstić information content (AvgIpc) is 3.49. The summed E-state index contributed by atoms with van der Waals surface area (Å²) in [5.41, 5.74) is 13.7. The van der Waals surface area contributed by atoms with Gasteiger partial charge in [0.25, 0.3) is 0 Å². The summed E-state index contributed by atoms with van der Waals surface area (Å²) in [6.45, 7) is 0. The van der Waals surface area contributed by atoms with Crippen LogP contribution in [0.1, 0.15) is 27.8 Å². The maximum absolute atomic E-state index is 4.82. The SMILES string of the molecule is BrCc1ccc(-c2ccccc2C2=NNNN2C(c2ccccc2)(c2ccccc2)c2ccccc2)cc1. The molecule has 6 rings (SSSR count). The minimum atomic E-state index is -0.709. The zero-order chi connectivity index (χ0) is 25.8. The smallest absolute Gasteiger partial charge is 0.175 e. The molecule has 0 aromatic heterocycles. The van der Waals surface area contributed by atoms with Crippen LogP contribution in [0.3, 0.4) is 0 Å². The molecule has 0 radical (unpaired) electrons. The summed E-state index contributed by atoms with van der Waals surface area (Å²) in [6, 6.07) is 48.9. The summed E-state index contributed by atoms with van der Waals surface area (Å²) >= 11 is 3.56. The van der Waals surface area contributed by atoms with Crippen molar-refractivity contribution in [1.29, 1.82) is 0 Å². The van der Waals surface area contributed by atoms with Crippen molar-refractivity contribution >= 4 is 21.8 Å². The average molecular weight is 560 g/mol. The summed E-state index contributed by atoms with van der Waals surface area (Å²) in [5, 5.41) is 7.82. The van der Waals surface area contributed by atoms with Crippen LogP contribution in [0.5, 0.6) is 0 Å². The lowest BCUT2D eigenvalue weighted by Gasteiger charge is -2.44. The molecule has 0 bridgehead atoms. The number of alkyl halides is 1. The number of nitrogens with zero attached hydrogens (tertiary/aromatic N) is 2. The standard InChI is InChI=1S/C33H27BrN4/c34-24-25-20-22-26(23-21-25)30-18-10-11-19-31(30)32-35-36-37-38(32)33(27-12-4-1-5-13-27,28-14-6-2-7-15-28)29-16-8-3-9-17-29/h1-23,36-37H,24H2. The van der Waals surface area contributed by atoms with Crippen molar-refractivity contribution in [1.82, 2.24) is 16.1 Å². The van der Waals surface area contributed by atoms with Crippen molar-refractivity contribution in [3.63, 3.8) is 0 Å². The lowest BCUT2D eigenvalue weighted by atomic mass is 9.76. The third-order valence-electron chi connectivity index (χ3n) is 7.03. The van der Waals surface area contributed by atoms with Gasteiger partial charge in [0.2, 0.25) is 0 Å². The van der Waals surface area contributed by atoms with E-state index in [1.165, 1.54) is 5.56 Å². The van der Waals surface area contributed by atoms with E-state index < -0.39 is 5.54 Å². The Morgan fingerprint density at radius 1 is 0.579 bits per heavy atom. The van der Waals surface area contributed by atoms with Gasteiger partial charge in [-0.1, -0.05) is 155 Å². The summed E-state index contributed by atoms with van der Waals surface area (Å²) in [4.78, 5) is 0. The molecule has 0 fully saturated rings. The lowest BCUT2D eigenvalue weighted by molar-refractivity contribution is 0.183. The van der Waals surface area contributed by atoms with E-state index in [-0.39, 0.29) is 0 Å². The van der Waals surface area contributed by atoms with E-state index in [1.54, 1.807) is 0 Å². The topological polar surface area (TPSA) is 39.7 Å². The molecule has 0 amide bonds. The van der Waals surface area contributed by atoms with Crippen LogP contribution >= 0.6 is 15.9 Å². The number of hydrazone groups is 1. The van der Waals surface area contributed by atoms with Gasteiger partial charge in [0.1, 0.15) is 5.54 Å². The fraction of sp³-hybridized carbons (Fsp3) is 0.0606. The number of hydrogen-bond donors (Lipinski definition) is 2. The minimum Gasteiger partial charge on any atom is -0.251 e. The van der Waals surface area contributed by atoms with Crippen LogP contribution in [0.15, 0.2) is 145 Å². The highest BCUT2D eigenvalue weighted by molar-refractivity contribution is 9.08. The van der Waals surface area contributed by atoms with E-state index in [2.05, 4.69) is 172 Å². The largest absolute Gasteiger partial charge is 0.251 e. The first kappa shape index (κ1) is 24.2. The van der Waals surface area contributed by atoms with E-state index in [9.17, 15) is 0 Å². The molecule has 0 saturated carbocycles. The van der Waals surface area contributed by atoms with Gasteiger partial charge in [-0.2, -0.15) is 0 Å². The molecule has 0 unspecified atom stereocenters. The first-order valence-corrected chi connectivity index (χ1v) is 13.7. The monoisotopic (exact) mass is 558 g/mol. The zero-order valence-electron chi connectivity index (χ0n) is 20.8. The van der Waals surface area contributed by atoms with Crippen molar-refractivity contribution in [2.75, 3.05) is 0 Å². The molecule has 186 valence electrons. The molecule has 5 heteroatoms. The van der Waals surface area contributed by atoms with Crippen LogP contribution in [0.25, 0.3) is 11.1 Å². The third kappa shape index (κ3) is 4.20. The van der Waals surface area contributed by atoms with Gasteiger partial charge in [0.15, 0.2) is 5.84 Å². The summed E-state index contributed by atoms with van der Waals surface area (Å²) in [6.07, 6.45) is 0. The number of halogens is 1. The number of amidine groups is 1. The van der Waals surface area contributed by atoms with E-state index in [1.807, 2.05) is 0 Å². The Kier molecular flexibility index (Phi) is 6.78. The second-order valence-electron chi connectivity index (χ2n) is 9.18. The van der Waals surface area contributed by atoms with Crippen molar-refractivity contribution in [3.05, 3.63) is 167 Å². The predicted molar refractivity (Wildman–Crippen MR) is 158 cm³/mol. The Hall–Kier alpha value is -4.19. The van der Waals surface area contributed by atoms with Gasteiger partial charge >= 0.3 is 0 Å². The molecule has 4 nitrogen and oxygen atoms in total. The molecule has 1 heterocycles. The van der Waals surface area contributed by atoms with Crippen LogP contribution in [0, 0.1) is 0 Å². The van der Waals surface area contributed by atoms with Gasteiger partial charge in [0, 0.05) is 10.9 Å². The summed E-state index contributed by atoms with van der Waals surface area (Å²) < 4.78 is 0. The highest BCUT2D eigenvalue weighted by atomic mass is 79.9. The fourth-order valence-electron chi connectivity index (χ4n) is 5.28. The van der Waals surface area contributed by atoms with Crippen LogP contribution in [0.2, 0.25) is 0 Å². The molecule has 2 N–H and O–H groups in total. The van der Waals surface area contributed by atoms with Gasteiger partial charge in [-0.3, -0.25) is 5.01 Å². The molecule has 38 heavy (non-hydrogen) atoms. The molecular formula is C33H27BrN4.